The molecule has 280 valence electrons. The van der Waals surface area contributed by atoms with Gasteiger partial charge in [-0.1, -0.05) is 188 Å². The smallest absolute Gasteiger partial charge is 0.145 e. The van der Waals surface area contributed by atoms with Crippen molar-refractivity contribution in [1.29, 1.82) is 5.26 Å². The van der Waals surface area contributed by atoms with E-state index in [-0.39, 0.29) is 0 Å². The van der Waals surface area contributed by atoms with Gasteiger partial charge in [0, 0.05) is 11.3 Å². The van der Waals surface area contributed by atoms with Crippen molar-refractivity contribution in [3.63, 3.8) is 0 Å². The van der Waals surface area contributed by atoms with Gasteiger partial charge >= 0.3 is 0 Å². The Hall–Kier alpha value is -8.06. The molecule has 0 radical (unpaired) electrons. The van der Waals surface area contributed by atoms with E-state index in [0.717, 1.165) is 55.9 Å². The molecule has 0 saturated heterocycles. The molecular weight excluding hydrogens is 727 g/mol. The van der Waals surface area contributed by atoms with Gasteiger partial charge in [0.05, 0.1) is 28.1 Å². The lowest BCUT2D eigenvalue weighted by Gasteiger charge is -2.34. The van der Waals surface area contributed by atoms with Crippen LogP contribution >= 0.6 is 0 Å². The van der Waals surface area contributed by atoms with E-state index in [1.165, 1.54) is 38.9 Å². The molecule has 0 unspecified atom stereocenters. The highest BCUT2D eigenvalue weighted by atomic mass is 15.1. The van der Waals surface area contributed by atoms with Crippen LogP contribution in [0.1, 0.15) is 27.8 Å². The lowest BCUT2D eigenvalue weighted by Crippen LogP contribution is -2.28. The predicted molar refractivity (Wildman–Crippen MR) is 245 cm³/mol. The predicted octanol–water partition coefficient (Wildman–Crippen LogP) is 13.9. The molecule has 10 aromatic rings. The SMILES string of the molecule is N#Cc1cccc(-c2ccc(-c3c(-c4ccc(-n5c(-c6ccccc6)nc6ccccc65)cc4)ccc4c3-c3ccccc3C4(c3ccccc3)c3ccccc3)cc2)c1. The average molecular weight is 764 g/mol. The van der Waals surface area contributed by atoms with Crippen LogP contribution in [-0.2, 0) is 5.41 Å². The van der Waals surface area contributed by atoms with Gasteiger partial charge in [0.2, 0.25) is 0 Å². The minimum Gasteiger partial charge on any atom is -0.292 e. The standard InChI is InChI=1S/C57H37N3/c58-38-39-15-14-18-44(37-39)40-27-29-42(30-28-40)54-48(41-31-33-47(34-32-41)60-53-26-13-12-25-52(53)59-56(60)43-16-4-1-5-17-43)35-36-51-55(54)49-23-10-11-24-50(49)57(51,45-19-6-2-7-20-45)46-21-8-3-9-22-46/h1-37H. The second-order valence-corrected chi connectivity index (χ2v) is 15.4. The van der Waals surface area contributed by atoms with Crippen LogP contribution in [0.2, 0.25) is 0 Å². The molecule has 3 heteroatoms. The average Bonchev–Trinajstić information content (AvgIpc) is 3.87. The highest BCUT2D eigenvalue weighted by Gasteiger charge is 2.47. The minimum absolute atomic E-state index is 0.528. The van der Waals surface area contributed by atoms with Crippen molar-refractivity contribution in [2.45, 2.75) is 5.41 Å². The third-order valence-corrected chi connectivity index (χ3v) is 12.2. The van der Waals surface area contributed by atoms with Gasteiger partial charge in [-0.25, -0.2) is 4.98 Å². The van der Waals surface area contributed by atoms with Crippen molar-refractivity contribution in [2.24, 2.45) is 0 Å². The number of benzene rings is 9. The van der Waals surface area contributed by atoms with Crippen molar-refractivity contribution in [1.82, 2.24) is 9.55 Å². The van der Waals surface area contributed by atoms with Crippen LogP contribution in [0.15, 0.2) is 224 Å². The molecule has 1 heterocycles. The quantitative estimate of drug-likeness (QED) is 0.162. The number of para-hydroxylation sites is 2. The minimum atomic E-state index is -0.528. The van der Waals surface area contributed by atoms with E-state index in [9.17, 15) is 5.26 Å². The second kappa shape index (κ2) is 14.4. The fourth-order valence-corrected chi connectivity index (χ4v) is 9.53. The molecule has 0 aliphatic heterocycles. The van der Waals surface area contributed by atoms with Gasteiger partial charge < -0.3 is 0 Å². The number of fused-ring (bicyclic) bond motifs is 4. The first kappa shape index (κ1) is 35.1. The van der Waals surface area contributed by atoms with Crippen LogP contribution in [0.25, 0.3) is 72.6 Å². The summed E-state index contributed by atoms with van der Waals surface area (Å²) in [6.45, 7) is 0. The van der Waals surface area contributed by atoms with Gasteiger partial charge in [0.15, 0.2) is 0 Å². The lowest BCUT2D eigenvalue weighted by molar-refractivity contribution is 0.768. The summed E-state index contributed by atoms with van der Waals surface area (Å²) in [7, 11) is 0. The van der Waals surface area contributed by atoms with E-state index >= 15 is 0 Å². The normalized spacial score (nSPS) is 12.4. The number of hydrogen-bond acceptors (Lipinski definition) is 2. The Kier molecular flexibility index (Phi) is 8.43. The van der Waals surface area contributed by atoms with Gasteiger partial charge in [-0.05, 0) is 103 Å². The van der Waals surface area contributed by atoms with E-state index in [0.29, 0.717) is 5.56 Å². The zero-order chi connectivity index (χ0) is 40.0. The third-order valence-electron chi connectivity index (χ3n) is 12.2. The second-order valence-electron chi connectivity index (χ2n) is 15.4. The van der Waals surface area contributed by atoms with Crippen LogP contribution < -0.4 is 0 Å². The summed E-state index contributed by atoms with van der Waals surface area (Å²) in [6.07, 6.45) is 0. The van der Waals surface area contributed by atoms with Crippen LogP contribution in [0, 0.1) is 11.3 Å². The first-order valence-corrected chi connectivity index (χ1v) is 20.4. The largest absolute Gasteiger partial charge is 0.292 e. The summed E-state index contributed by atoms with van der Waals surface area (Å²) in [4.78, 5) is 5.10. The molecular formula is C57H37N3. The number of imidazole rings is 1. The highest BCUT2D eigenvalue weighted by molar-refractivity contribution is 6.02. The zero-order valence-corrected chi connectivity index (χ0v) is 32.7. The highest BCUT2D eigenvalue weighted by Crippen LogP contribution is 2.59. The van der Waals surface area contributed by atoms with Gasteiger partial charge in [0.25, 0.3) is 0 Å². The maximum atomic E-state index is 9.65. The molecule has 0 saturated carbocycles. The van der Waals surface area contributed by atoms with E-state index < -0.39 is 5.41 Å². The molecule has 11 rings (SSSR count). The Labute approximate surface area is 349 Å². The molecule has 0 fully saturated rings. The number of rotatable bonds is 7. The van der Waals surface area contributed by atoms with E-state index in [1.807, 2.05) is 30.3 Å². The Balaban J connectivity index is 1.15. The summed E-state index contributed by atoms with van der Waals surface area (Å²) >= 11 is 0. The first-order chi connectivity index (χ1) is 29.7. The topological polar surface area (TPSA) is 41.6 Å². The molecule has 1 aliphatic rings. The van der Waals surface area contributed by atoms with Gasteiger partial charge in [-0.2, -0.15) is 5.26 Å². The van der Waals surface area contributed by atoms with Crippen LogP contribution in [0.4, 0.5) is 0 Å². The third kappa shape index (κ3) is 5.54. The summed E-state index contributed by atoms with van der Waals surface area (Å²) < 4.78 is 2.27. The van der Waals surface area contributed by atoms with E-state index in [4.69, 9.17) is 4.98 Å². The molecule has 0 amide bonds. The fourth-order valence-electron chi connectivity index (χ4n) is 9.53. The molecule has 0 bridgehead atoms. The molecule has 1 aliphatic carbocycles. The molecule has 0 spiro atoms. The molecule has 0 N–H and O–H groups in total. The van der Waals surface area contributed by atoms with Crippen molar-refractivity contribution < 1.29 is 0 Å². The number of hydrogen-bond donors (Lipinski definition) is 0. The van der Waals surface area contributed by atoms with Crippen LogP contribution in [0.3, 0.4) is 0 Å². The summed E-state index contributed by atoms with van der Waals surface area (Å²) in [5.41, 5.74) is 18.5. The Morgan fingerprint density at radius 2 is 1.02 bits per heavy atom. The Morgan fingerprint density at radius 3 is 1.73 bits per heavy atom. The molecule has 60 heavy (non-hydrogen) atoms. The molecule has 9 aromatic carbocycles. The summed E-state index contributed by atoms with van der Waals surface area (Å²) in [6, 6.07) is 82.4. The maximum Gasteiger partial charge on any atom is 0.145 e. The van der Waals surface area contributed by atoms with Crippen LogP contribution in [-0.4, -0.2) is 9.55 Å². The maximum absolute atomic E-state index is 9.65. The van der Waals surface area contributed by atoms with Crippen LogP contribution in [0.5, 0.6) is 0 Å². The number of nitriles is 1. The fraction of sp³-hybridized carbons (Fsp3) is 0.0175. The Bertz CT molecular complexity index is 3190. The summed E-state index contributed by atoms with van der Waals surface area (Å²) in [5, 5.41) is 9.65. The summed E-state index contributed by atoms with van der Waals surface area (Å²) in [5.74, 6) is 0.915. The van der Waals surface area contributed by atoms with Gasteiger partial charge in [-0.3, -0.25) is 4.57 Å². The van der Waals surface area contributed by atoms with E-state index in [1.54, 1.807) is 0 Å². The monoisotopic (exact) mass is 763 g/mol. The van der Waals surface area contributed by atoms with Crippen molar-refractivity contribution >= 4 is 11.0 Å². The van der Waals surface area contributed by atoms with Gasteiger partial charge in [-0.15, -0.1) is 0 Å². The molecule has 0 atom stereocenters. The molecule has 3 nitrogen and oxygen atoms in total. The molecule has 1 aromatic heterocycles. The van der Waals surface area contributed by atoms with E-state index in [2.05, 4.69) is 205 Å². The lowest BCUT2D eigenvalue weighted by atomic mass is 9.67. The van der Waals surface area contributed by atoms with Gasteiger partial charge in [0.1, 0.15) is 5.82 Å². The zero-order valence-electron chi connectivity index (χ0n) is 32.7. The first-order valence-electron chi connectivity index (χ1n) is 20.4. The van der Waals surface area contributed by atoms with Crippen molar-refractivity contribution in [2.75, 3.05) is 0 Å². The van der Waals surface area contributed by atoms with Crippen molar-refractivity contribution in [3.8, 4) is 67.7 Å². The number of aromatic nitrogens is 2. The Morgan fingerprint density at radius 1 is 0.417 bits per heavy atom. The van der Waals surface area contributed by atoms with Crippen molar-refractivity contribution in [3.05, 3.63) is 252 Å². The number of nitrogens with zero attached hydrogens (tertiary/aromatic N) is 3.